The summed E-state index contributed by atoms with van der Waals surface area (Å²) in [4.78, 5) is 4.19. The molecule has 1 aliphatic heterocycles. The van der Waals surface area contributed by atoms with Crippen molar-refractivity contribution in [3.05, 3.63) is 29.8 Å². The summed E-state index contributed by atoms with van der Waals surface area (Å²) < 4.78 is 15.9. The molecule has 0 aromatic heterocycles. The van der Waals surface area contributed by atoms with Crippen LogP contribution >= 0.6 is 0 Å². The zero-order valence-corrected chi connectivity index (χ0v) is 10.7. The van der Waals surface area contributed by atoms with Crippen LogP contribution in [0.5, 0.6) is 11.5 Å². The molecule has 0 radical (unpaired) electrons. The van der Waals surface area contributed by atoms with Gasteiger partial charge in [0.25, 0.3) is 0 Å². The second kappa shape index (κ2) is 6.21. The lowest BCUT2D eigenvalue weighted by atomic mass is 10.1. The second-order valence-electron chi connectivity index (χ2n) is 3.89. The molecule has 1 aromatic rings. The van der Waals surface area contributed by atoms with E-state index < -0.39 is 0 Å². The normalized spacial score (nSPS) is 13.6. The molecule has 96 valence electrons. The molecule has 1 aliphatic rings. The third-order valence-corrected chi connectivity index (χ3v) is 2.72. The number of rotatable bonds is 6. The highest BCUT2D eigenvalue weighted by Crippen LogP contribution is 2.31. The zero-order chi connectivity index (χ0) is 12.8. The lowest BCUT2D eigenvalue weighted by molar-refractivity contribution is 0.146. The summed E-state index contributed by atoms with van der Waals surface area (Å²) in [6.07, 6.45) is 3.82. The Morgan fingerprint density at radius 3 is 2.78 bits per heavy atom. The van der Waals surface area contributed by atoms with Gasteiger partial charge in [-0.15, -0.1) is 0 Å². The minimum Gasteiger partial charge on any atom is -0.497 e. The molecule has 18 heavy (non-hydrogen) atoms. The number of allylic oxidation sites excluding steroid dienone is 1. The Hall–Kier alpha value is -1.81. The largest absolute Gasteiger partial charge is 0.497 e. The Bertz CT molecular complexity index is 466. The van der Waals surface area contributed by atoms with Crippen molar-refractivity contribution in [1.82, 2.24) is 0 Å². The Balaban J connectivity index is 2.21. The van der Waals surface area contributed by atoms with Crippen LogP contribution < -0.4 is 9.47 Å². The lowest BCUT2D eigenvalue weighted by Crippen LogP contribution is -2.06. The summed E-state index contributed by atoms with van der Waals surface area (Å²) in [5, 5.41) is 0. The van der Waals surface area contributed by atoms with E-state index in [0.717, 1.165) is 22.6 Å². The first-order valence-corrected chi connectivity index (χ1v) is 5.84. The quantitative estimate of drug-likeness (QED) is 0.723. The maximum atomic E-state index is 5.73. The average molecular weight is 247 g/mol. The molecular weight excluding hydrogens is 230 g/mol. The highest BCUT2D eigenvalue weighted by atomic mass is 16.5. The average Bonchev–Trinajstić information content (AvgIpc) is 2.92. The van der Waals surface area contributed by atoms with Gasteiger partial charge in [0, 0.05) is 25.0 Å². The number of ether oxygens (including phenoxy) is 3. The predicted octanol–water partition coefficient (Wildman–Crippen LogP) is 2.19. The van der Waals surface area contributed by atoms with Gasteiger partial charge in [0.15, 0.2) is 0 Å². The van der Waals surface area contributed by atoms with E-state index in [2.05, 4.69) is 4.99 Å². The van der Waals surface area contributed by atoms with Gasteiger partial charge in [-0.2, -0.15) is 0 Å². The SMILES string of the molecule is COCCOc1cc(OC)ccc1C1=CC=NC1. The van der Waals surface area contributed by atoms with Crippen LogP contribution in [0.25, 0.3) is 5.57 Å². The van der Waals surface area contributed by atoms with Crippen LogP contribution in [0.15, 0.2) is 29.3 Å². The third-order valence-electron chi connectivity index (χ3n) is 2.72. The van der Waals surface area contributed by atoms with Gasteiger partial charge in [0.05, 0.1) is 20.3 Å². The number of aliphatic imine (C=N–C) groups is 1. The molecule has 1 aromatic carbocycles. The van der Waals surface area contributed by atoms with Crippen molar-refractivity contribution in [3.63, 3.8) is 0 Å². The van der Waals surface area contributed by atoms with Crippen molar-refractivity contribution >= 4 is 11.8 Å². The van der Waals surface area contributed by atoms with E-state index in [1.54, 1.807) is 14.2 Å². The fourth-order valence-corrected chi connectivity index (χ4v) is 1.77. The molecule has 0 amide bonds. The van der Waals surface area contributed by atoms with Crippen LogP contribution in [-0.2, 0) is 4.74 Å². The standard InChI is InChI=1S/C14H17NO3/c1-16-7-8-18-14-9-12(17-2)3-4-13(14)11-5-6-15-10-11/h3-6,9H,7-8,10H2,1-2H3. The van der Waals surface area contributed by atoms with Gasteiger partial charge in [-0.05, 0) is 23.8 Å². The van der Waals surface area contributed by atoms with E-state index in [0.29, 0.717) is 19.8 Å². The molecule has 4 heteroatoms. The molecule has 0 aliphatic carbocycles. The van der Waals surface area contributed by atoms with Crippen molar-refractivity contribution in [2.45, 2.75) is 0 Å². The van der Waals surface area contributed by atoms with E-state index in [1.807, 2.05) is 30.5 Å². The van der Waals surface area contributed by atoms with Gasteiger partial charge in [-0.1, -0.05) is 0 Å². The Morgan fingerprint density at radius 1 is 1.22 bits per heavy atom. The monoisotopic (exact) mass is 247 g/mol. The van der Waals surface area contributed by atoms with Gasteiger partial charge in [-0.3, -0.25) is 4.99 Å². The van der Waals surface area contributed by atoms with E-state index in [4.69, 9.17) is 14.2 Å². The van der Waals surface area contributed by atoms with Gasteiger partial charge in [-0.25, -0.2) is 0 Å². The van der Waals surface area contributed by atoms with E-state index in [-0.39, 0.29) is 0 Å². The van der Waals surface area contributed by atoms with Gasteiger partial charge < -0.3 is 14.2 Å². The molecule has 0 bridgehead atoms. The highest BCUT2D eigenvalue weighted by molar-refractivity contribution is 5.91. The van der Waals surface area contributed by atoms with Crippen molar-refractivity contribution in [2.75, 3.05) is 34.0 Å². The van der Waals surface area contributed by atoms with Crippen LogP contribution in [0.3, 0.4) is 0 Å². The highest BCUT2D eigenvalue weighted by Gasteiger charge is 2.12. The molecule has 0 saturated heterocycles. The van der Waals surface area contributed by atoms with E-state index >= 15 is 0 Å². The van der Waals surface area contributed by atoms with Crippen LogP contribution in [0.1, 0.15) is 5.56 Å². The van der Waals surface area contributed by atoms with Gasteiger partial charge >= 0.3 is 0 Å². The van der Waals surface area contributed by atoms with Crippen molar-refractivity contribution in [2.24, 2.45) is 4.99 Å². The summed E-state index contributed by atoms with van der Waals surface area (Å²) in [6, 6.07) is 5.82. The van der Waals surface area contributed by atoms with Crippen LogP contribution in [0.4, 0.5) is 0 Å². The molecule has 0 fully saturated rings. The minimum absolute atomic E-state index is 0.519. The van der Waals surface area contributed by atoms with Crippen molar-refractivity contribution in [3.8, 4) is 11.5 Å². The van der Waals surface area contributed by atoms with Crippen LogP contribution in [0.2, 0.25) is 0 Å². The van der Waals surface area contributed by atoms with Gasteiger partial charge in [0.2, 0.25) is 0 Å². The summed E-state index contributed by atoms with van der Waals surface area (Å²) in [5.41, 5.74) is 2.22. The molecule has 2 rings (SSSR count). The molecular formula is C14H17NO3. The fraction of sp³-hybridized carbons (Fsp3) is 0.357. The van der Waals surface area contributed by atoms with Crippen LogP contribution in [-0.4, -0.2) is 40.2 Å². The number of methoxy groups -OCH3 is 2. The molecule has 0 N–H and O–H groups in total. The maximum absolute atomic E-state index is 5.73. The molecule has 0 saturated carbocycles. The van der Waals surface area contributed by atoms with Crippen LogP contribution in [0, 0.1) is 0 Å². The summed E-state index contributed by atoms with van der Waals surface area (Å²) in [5.74, 6) is 1.59. The molecule has 1 heterocycles. The first kappa shape index (κ1) is 12.6. The Morgan fingerprint density at radius 2 is 2.11 bits per heavy atom. The summed E-state index contributed by atoms with van der Waals surface area (Å²) in [6.45, 7) is 1.78. The number of benzene rings is 1. The maximum Gasteiger partial charge on any atom is 0.130 e. The smallest absolute Gasteiger partial charge is 0.130 e. The molecule has 0 atom stereocenters. The van der Waals surface area contributed by atoms with E-state index in [1.165, 1.54) is 0 Å². The summed E-state index contributed by atoms with van der Waals surface area (Å²) in [7, 11) is 3.30. The van der Waals surface area contributed by atoms with Crippen molar-refractivity contribution in [1.29, 1.82) is 0 Å². The second-order valence-corrected chi connectivity index (χ2v) is 3.89. The lowest BCUT2D eigenvalue weighted by Gasteiger charge is -2.13. The number of hydrogen-bond acceptors (Lipinski definition) is 4. The Labute approximate surface area is 107 Å². The Kier molecular flexibility index (Phi) is 4.36. The third kappa shape index (κ3) is 2.90. The molecule has 4 nitrogen and oxygen atoms in total. The molecule has 0 spiro atoms. The first-order chi connectivity index (χ1) is 8.85. The summed E-state index contributed by atoms with van der Waals surface area (Å²) >= 11 is 0. The van der Waals surface area contributed by atoms with Gasteiger partial charge in [0.1, 0.15) is 18.1 Å². The van der Waals surface area contributed by atoms with Crippen molar-refractivity contribution < 1.29 is 14.2 Å². The van der Waals surface area contributed by atoms with E-state index in [9.17, 15) is 0 Å². The number of nitrogens with zero attached hydrogens (tertiary/aromatic N) is 1. The predicted molar refractivity (Wildman–Crippen MR) is 71.7 cm³/mol. The zero-order valence-electron chi connectivity index (χ0n) is 10.7. The number of hydrogen-bond donors (Lipinski definition) is 0. The molecule has 0 unspecified atom stereocenters. The first-order valence-electron chi connectivity index (χ1n) is 5.84. The minimum atomic E-state index is 0.519. The topological polar surface area (TPSA) is 40.0 Å². The fourth-order valence-electron chi connectivity index (χ4n) is 1.77.